The molecule has 1 unspecified atom stereocenters. The predicted molar refractivity (Wildman–Crippen MR) is 91.3 cm³/mol. The molecule has 0 aliphatic carbocycles. The molecule has 5 heteroatoms. The van der Waals surface area contributed by atoms with E-state index in [0.717, 1.165) is 16.8 Å². The van der Waals surface area contributed by atoms with Gasteiger partial charge in [-0.1, -0.05) is 43.7 Å². The fraction of sp³-hybridized carbons (Fsp3) is 0.412. The maximum absolute atomic E-state index is 12.5. The van der Waals surface area contributed by atoms with Gasteiger partial charge >= 0.3 is 5.97 Å². The molecule has 0 saturated carbocycles. The maximum Gasteiger partial charge on any atom is 0.338 e. The van der Waals surface area contributed by atoms with Crippen molar-refractivity contribution in [3.05, 3.63) is 46.7 Å². The second-order valence-electron chi connectivity index (χ2n) is 5.98. The summed E-state index contributed by atoms with van der Waals surface area (Å²) in [4.78, 5) is 12.5. The van der Waals surface area contributed by atoms with Crippen LogP contribution in [0.3, 0.4) is 0 Å². The molecule has 4 nitrogen and oxygen atoms in total. The SMILES string of the molecule is CC1=C(C(=O)OCC(C)C)C(c2cccc(C)c2)NC(=S)N1. The number of thiocarbonyl (C=S) groups is 1. The Labute approximate surface area is 136 Å². The molecule has 0 radical (unpaired) electrons. The molecule has 0 spiro atoms. The summed E-state index contributed by atoms with van der Waals surface area (Å²) in [6, 6.07) is 7.75. The molecule has 0 aromatic heterocycles. The van der Waals surface area contributed by atoms with Crippen LogP contribution >= 0.6 is 12.2 Å². The molecular weight excluding hydrogens is 296 g/mol. The summed E-state index contributed by atoms with van der Waals surface area (Å²) in [6.07, 6.45) is 0. The van der Waals surface area contributed by atoms with Crippen LogP contribution in [0, 0.1) is 12.8 Å². The van der Waals surface area contributed by atoms with Crippen molar-refractivity contribution in [3.8, 4) is 0 Å². The standard InChI is InChI=1S/C17H22N2O2S/c1-10(2)9-21-16(20)14-12(4)18-17(22)19-15(14)13-7-5-6-11(3)8-13/h5-8,10,15H,9H2,1-4H3,(H2,18,19,22). The third kappa shape index (κ3) is 3.85. The third-order valence-electron chi connectivity index (χ3n) is 3.41. The van der Waals surface area contributed by atoms with E-state index in [4.69, 9.17) is 17.0 Å². The van der Waals surface area contributed by atoms with Gasteiger partial charge in [0.2, 0.25) is 0 Å². The fourth-order valence-electron chi connectivity index (χ4n) is 2.38. The molecular formula is C17H22N2O2S. The molecule has 1 aliphatic heterocycles. The molecule has 1 atom stereocenters. The Kier molecular flexibility index (Phi) is 5.19. The Bertz CT molecular complexity index is 623. The number of carbonyl (C=O) groups excluding carboxylic acids is 1. The molecule has 2 N–H and O–H groups in total. The van der Waals surface area contributed by atoms with Crippen molar-refractivity contribution in [3.63, 3.8) is 0 Å². The van der Waals surface area contributed by atoms with Gasteiger partial charge in [0.25, 0.3) is 0 Å². The second kappa shape index (κ2) is 6.92. The lowest BCUT2D eigenvalue weighted by molar-refractivity contribution is -0.140. The number of allylic oxidation sites excluding steroid dienone is 1. The highest BCUT2D eigenvalue weighted by Gasteiger charge is 2.31. The number of ether oxygens (including phenoxy) is 1. The largest absolute Gasteiger partial charge is 0.462 e. The average molecular weight is 318 g/mol. The smallest absolute Gasteiger partial charge is 0.338 e. The summed E-state index contributed by atoms with van der Waals surface area (Å²) in [5.41, 5.74) is 3.46. The Balaban J connectivity index is 2.34. The van der Waals surface area contributed by atoms with Crippen molar-refractivity contribution in [2.24, 2.45) is 5.92 Å². The van der Waals surface area contributed by atoms with Gasteiger partial charge in [0.15, 0.2) is 5.11 Å². The molecule has 118 valence electrons. The van der Waals surface area contributed by atoms with Crippen molar-refractivity contribution in [1.29, 1.82) is 0 Å². The van der Waals surface area contributed by atoms with Crippen molar-refractivity contribution in [1.82, 2.24) is 10.6 Å². The number of rotatable bonds is 4. The molecule has 0 fully saturated rings. The van der Waals surface area contributed by atoms with Gasteiger partial charge in [-0.05, 0) is 37.5 Å². The first kappa shape index (κ1) is 16.5. The minimum absolute atomic E-state index is 0.284. The Hall–Kier alpha value is -1.88. The first-order chi connectivity index (χ1) is 10.4. The highest BCUT2D eigenvalue weighted by atomic mass is 32.1. The van der Waals surface area contributed by atoms with E-state index >= 15 is 0 Å². The summed E-state index contributed by atoms with van der Waals surface area (Å²) in [7, 11) is 0. The lowest BCUT2D eigenvalue weighted by atomic mass is 9.94. The highest BCUT2D eigenvalue weighted by Crippen LogP contribution is 2.28. The molecule has 1 aromatic rings. The molecule has 0 bridgehead atoms. The topological polar surface area (TPSA) is 50.4 Å². The molecule has 1 aliphatic rings. The quantitative estimate of drug-likeness (QED) is 0.660. The van der Waals surface area contributed by atoms with Crippen molar-refractivity contribution in [2.45, 2.75) is 33.7 Å². The van der Waals surface area contributed by atoms with Crippen LogP contribution in [0.1, 0.15) is 37.9 Å². The number of nitrogens with one attached hydrogen (secondary N) is 2. The monoisotopic (exact) mass is 318 g/mol. The lowest BCUT2D eigenvalue weighted by Crippen LogP contribution is -2.45. The lowest BCUT2D eigenvalue weighted by Gasteiger charge is -2.30. The predicted octanol–water partition coefficient (Wildman–Crippen LogP) is 2.99. The van der Waals surface area contributed by atoms with Crippen LogP contribution < -0.4 is 10.6 Å². The Morgan fingerprint density at radius 3 is 2.73 bits per heavy atom. The summed E-state index contributed by atoms with van der Waals surface area (Å²) < 4.78 is 5.41. The number of carbonyl (C=O) groups is 1. The van der Waals surface area contributed by atoms with E-state index < -0.39 is 0 Å². The van der Waals surface area contributed by atoms with Crippen molar-refractivity contribution < 1.29 is 9.53 Å². The number of aryl methyl sites for hydroxylation is 1. The van der Waals surface area contributed by atoms with E-state index in [1.165, 1.54) is 0 Å². The zero-order valence-electron chi connectivity index (χ0n) is 13.4. The summed E-state index contributed by atoms with van der Waals surface area (Å²) in [6.45, 7) is 8.30. The summed E-state index contributed by atoms with van der Waals surface area (Å²) >= 11 is 5.23. The average Bonchev–Trinajstić information content (AvgIpc) is 2.44. The Morgan fingerprint density at radius 2 is 2.09 bits per heavy atom. The minimum Gasteiger partial charge on any atom is -0.462 e. The van der Waals surface area contributed by atoms with E-state index in [-0.39, 0.29) is 12.0 Å². The van der Waals surface area contributed by atoms with Crippen LogP contribution in [-0.4, -0.2) is 17.7 Å². The zero-order chi connectivity index (χ0) is 16.3. The van der Waals surface area contributed by atoms with E-state index in [0.29, 0.717) is 23.2 Å². The number of benzene rings is 1. The summed E-state index contributed by atoms with van der Waals surface area (Å²) in [5, 5.41) is 6.70. The number of esters is 1. The number of hydrogen-bond acceptors (Lipinski definition) is 3. The third-order valence-corrected chi connectivity index (χ3v) is 3.63. The van der Waals surface area contributed by atoms with Crippen LogP contribution in [-0.2, 0) is 9.53 Å². The van der Waals surface area contributed by atoms with Crippen molar-refractivity contribution in [2.75, 3.05) is 6.61 Å². The first-order valence-corrected chi connectivity index (χ1v) is 7.81. The van der Waals surface area contributed by atoms with Crippen LogP contribution in [0.5, 0.6) is 0 Å². The van der Waals surface area contributed by atoms with Gasteiger partial charge in [0, 0.05) is 5.70 Å². The molecule has 1 heterocycles. The molecule has 2 rings (SSSR count). The highest BCUT2D eigenvalue weighted by molar-refractivity contribution is 7.80. The van der Waals surface area contributed by atoms with Gasteiger partial charge in [0.1, 0.15) is 0 Å². The van der Waals surface area contributed by atoms with Gasteiger partial charge in [-0.25, -0.2) is 4.79 Å². The molecule has 0 amide bonds. The summed E-state index contributed by atoms with van der Waals surface area (Å²) in [5.74, 6) is -0.00642. The van der Waals surface area contributed by atoms with Crippen molar-refractivity contribution >= 4 is 23.3 Å². The second-order valence-corrected chi connectivity index (χ2v) is 6.38. The molecule has 22 heavy (non-hydrogen) atoms. The van der Waals surface area contributed by atoms with Gasteiger partial charge in [-0.3, -0.25) is 0 Å². The minimum atomic E-state index is -0.305. The maximum atomic E-state index is 12.5. The van der Waals surface area contributed by atoms with Gasteiger partial charge < -0.3 is 15.4 Å². The first-order valence-electron chi connectivity index (χ1n) is 7.40. The van der Waals surface area contributed by atoms with Gasteiger partial charge in [-0.2, -0.15) is 0 Å². The van der Waals surface area contributed by atoms with E-state index in [9.17, 15) is 4.79 Å². The van der Waals surface area contributed by atoms with Crippen LogP contribution in [0.2, 0.25) is 0 Å². The molecule has 0 saturated heterocycles. The van der Waals surface area contributed by atoms with Crippen LogP contribution in [0.4, 0.5) is 0 Å². The van der Waals surface area contributed by atoms with Crippen LogP contribution in [0.15, 0.2) is 35.5 Å². The number of hydrogen-bond donors (Lipinski definition) is 2. The van der Waals surface area contributed by atoms with Gasteiger partial charge in [-0.15, -0.1) is 0 Å². The van der Waals surface area contributed by atoms with E-state index in [1.54, 1.807) is 0 Å². The van der Waals surface area contributed by atoms with Crippen LogP contribution in [0.25, 0.3) is 0 Å². The molecule has 1 aromatic carbocycles. The zero-order valence-corrected chi connectivity index (χ0v) is 14.2. The van der Waals surface area contributed by atoms with E-state index in [2.05, 4.69) is 16.7 Å². The van der Waals surface area contributed by atoms with Gasteiger partial charge in [0.05, 0.1) is 18.2 Å². The van der Waals surface area contributed by atoms with E-state index in [1.807, 2.05) is 45.9 Å². The Morgan fingerprint density at radius 1 is 1.36 bits per heavy atom. The normalized spacial score (nSPS) is 18.0. The fourth-order valence-corrected chi connectivity index (χ4v) is 2.66.